The maximum Gasteiger partial charge on any atom is 0.212 e. The van der Waals surface area contributed by atoms with E-state index in [0.717, 1.165) is 11.1 Å². The Kier molecular flexibility index (Phi) is 5.09. The van der Waals surface area contributed by atoms with Gasteiger partial charge in [-0.25, -0.2) is 19.9 Å². The van der Waals surface area contributed by atoms with E-state index in [-0.39, 0.29) is 0 Å². The molecule has 0 saturated carbocycles. The number of halogens is 2. The van der Waals surface area contributed by atoms with Gasteiger partial charge >= 0.3 is 0 Å². The first-order valence-corrected chi connectivity index (χ1v) is 12.0. The second kappa shape index (κ2) is 8.79. The molecule has 0 unspecified atom stereocenters. The van der Waals surface area contributed by atoms with Crippen LogP contribution in [-0.2, 0) is 0 Å². The molecule has 7 rings (SSSR count). The lowest BCUT2D eigenvalue weighted by Gasteiger charge is -2.01. The van der Waals surface area contributed by atoms with Gasteiger partial charge in [0.05, 0.1) is 11.0 Å². The number of nitrogens with zero attached hydrogens (tertiary/aromatic N) is 8. The highest BCUT2D eigenvalue weighted by Gasteiger charge is 2.19. The quantitative estimate of drug-likeness (QED) is 0.229. The summed E-state index contributed by atoms with van der Waals surface area (Å²) in [6, 6.07) is 16.9. The predicted octanol–water partition coefficient (Wildman–Crippen LogP) is 5.13. The fourth-order valence-corrected chi connectivity index (χ4v) is 5.07. The van der Waals surface area contributed by atoms with Gasteiger partial charge in [-0.3, -0.25) is 0 Å². The third-order valence-electron chi connectivity index (χ3n) is 6.85. The van der Waals surface area contributed by atoms with E-state index >= 15 is 0 Å². The molecule has 7 aromatic rings. The Hall–Kier alpha value is -6.00. The van der Waals surface area contributed by atoms with E-state index in [9.17, 15) is 19.3 Å². The minimum Gasteiger partial charge on any atom is -0.241 e. The zero-order chi connectivity index (χ0) is 27.4. The van der Waals surface area contributed by atoms with Gasteiger partial charge in [0, 0.05) is 45.1 Å². The van der Waals surface area contributed by atoms with E-state index in [2.05, 4.69) is 20.0 Å². The molecule has 0 atom stereocenters. The monoisotopic (exact) mass is 522 g/mol. The van der Waals surface area contributed by atoms with Crippen LogP contribution in [0.3, 0.4) is 0 Å². The van der Waals surface area contributed by atoms with Gasteiger partial charge in [0.15, 0.2) is 0 Å². The van der Waals surface area contributed by atoms with E-state index in [4.69, 9.17) is 9.97 Å². The molecule has 0 saturated heterocycles. The Morgan fingerprint density at radius 1 is 0.525 bits per heavy atom. The average Bonchev–Trinajstić information content (AvgIpc) is 3.44. The van der Waals surface area contributed by atoms with E-state index < -0.39 is 11.9 Å². The summed E-state index contributed by atoms with van der Waals surface area (Å²) in [5, 5.41) is 22.4. The molecular weight excluding hydrogens is 510 g/mol. The first-order valence-electron chi connectivity index (χ1n) is 12.0. The van der Waals surface area contributed by atoms with Gasteiger partial charge in [-0.1, -0.05) is 24.3 Å². The first-order chi connectivity index (χ1) is 19.6. The van der Waals surface area contributed by atoms with E-state index in [1.807, 2.05) is 48.8 Å². The second-order valence-electron chi connectivity index (χ2n) is 9.00. The van der Waals surface area contributed by atoms with Crippen LogP contribution in [0.1, 0.15) is 0 Å². The smallest absolute Gasteiger partial charge is 0.212 e. The van der Waals surface area contributed by atoms with Gasteiger partial charge in [-0.2, -0.15) is 29.3 Å². The number of rotatable bonds is 2. The van der Waals surface area contributed by atoms with Gasteiger partial charge in [0.2, 0.25) is 24.3 Å². The van der Waals surface area contributed by atoms with Crippen LogP contribution in [-0.4, -0.2) is 19.9 Å². The number of hydrogen-bond acceptors (Lipinski definition) is 8. The van der Waals surface area contributed by atoms with Gasteiger partial charge < -0.3 is 0 Å². The summed E-state index contributed by atoms with van der Waals surface area (Å²) in [5.41, 5.74) is 4.80. The van der Waals surface area contributed by atoms with E-state index in [0.29, 0.717) is 65.5 Å². The Bertz CT molecular complexity index is 2190. The number of hydrogen-bond donors (Lipinski definition) is 0. The zero-order valence-electron chi connectivity index (χ0n) is 20.3. The van der Waals surface area contributed by atoms with Crippen LogP contribution >= 0.6 is 0 Å². The lowest BCUT2D eigenvalue weighted by molar-refractivity contribution is 0.583. The zero-order valence-corrected chi connectivity index (χ0v) is 20.3. The first kappa shape index (κ1) is 23.1. The molecule has 0 aliphatic rings. The second-order valence-corrected chi connectivity index (χ2v) is 9.00. The maximum atomic E-state index is 13.4. The van der Waals surface area contributed by atoms with Crippen LogP contribution in [0.4, 0.5) is 8.78 Å². The molecule has 40 heavy (non-hydrogen) atoms. The van der Waals surface area contributed by atoms with Crippen molar-refractivity contribution in [3.8, 4) is 34.6 Å². The Labute approximate surface area is 223 Å². The molecule has 4 aromatic carbocycles. The topological polar surface area (TPSA) is 124 Å². The van der Waals surface area contributed by atoms with Crippen LogP contribution < -0.4 is 10.7 Å². The van der Waals surface area contributed by atoms with Crippen molar-refractivity contribution in [1.82, 2.24) is 19.9 Å². The van der Waals surface area contributed by atoms with E-state index in [1.54, 1.807) is 12.1 Å². The Morgan fingerprint density at radius 2 is 0.950 bits per heavy atom. The van der Waals surface area contributed by atoms with Crippen LogP contribution in [0.5, 0.6) is 0 Å². The standard InChI is InChI=1S/C30H12F2N8/c31-23-7-3-17(11-35-23)15-1-5-19-21(9-15)25(37-13-33)29-27(19)39-30-26(38-14-34)22-10-16(2-6-20(22)28(30)40-29)18-4-8-24(32)36-12-18/h1-12H. The number of fused-ring (bicyclic) bond motifs is 6. The lowest BCUT2D eigenvalue weighted by atomic mass is 10.0. The minimum atomic E-state index is -0.580. The largest absolute Gasteiger partial charge is 0.241 e. The summed E-state index contributed by atoms with van der Waals surface area (Å²) in [6.45, 7) is 0. The van der Waals surface area contributed by atoms with Crippen LogP contribution in [0.25, 0.3) is 65.9 Å². The average molecular weight is 522 g/mol. The third-order valence-corrected chi connectivity index (χ3v) is 6.85. The molecule has 0 amide bonds. The van der Waals surface area contributed by atoms with Crippen LogP contribution in [0.2, 0.25) is 0 Å². The van der Waals surface area contributed by atoms with Gasteiger partial charge in [0.1, 0.15) is 21.7 Å². The van der Waals surface area contributed by atoms with E-state index in [1.165, 1.54) is 24.5 Å². The molecule has 0 radical (unpaired) electrons. The van der Waals surface area contributed by atoms with Crippen molar-refractivity contribution in [2.45, 2.75) is 0 Å². The number of pyridine rings is 2. The molecule has 186 valence electrons. The molecule has 0 spiro atoms. The summed E-state index contributed by atoms with van der Waals surface area (Å²) in [5.74, 6) is -1.16. The van der Waals surface area contributed by atoms with Crippen molar-refractivity contribution < 1.29 is 8.78 Å². The normalized spacial score (nSPS) is 12.5. The molecule has 0 bridgehead atoms. The number of benzene rings is 2. The molecule has 0 aliphatic heterocycles. The number of aromatic nitrogens is 4. The van der Waals surface area contributed by atoms with Crippen molar-refractivity contribution in [1.29, 1.82) is 10.5 Å². The maximum absolute atomic E-state index is 13.4. The van der Waals surface area contributed by atoms with Crippen molar-refractivity contribution in [3.05, 3.63) is 95.7 Å². The van der Waals surface area contributed by atoms with Crippen molar-refractivity contribution in [2.24, 2.45) is 9.98 Å². The lowest BCUT2D eigenvalue weighted by Crippen LogP contribution is -2.03. The molecular formula is C30H12F2N8. The van der Waals surface area contributed by atoms with Gasteiger partial charge in [-0.05, 0) is 47.5 Å². The highest BCUT2D eigenvalue weighted by atomic mass is 19.1. The molecule has 10 heteroatoms. The number of nitriles is 2. The fraction of sp³-hybridized carbons (Fsp3) is 0. The van der Waals surface area contributed by atoms with Gasteiger partial charge in [0.25, 0.3) is 0 Å². The van der Waals surface area contributed by atoms with Crippen molar-refractivity contribution in [2.75, 3.05) is 0 Å². The van der Waals surface area contributed by atoms with Crippen molar-refractivity contribution in [3.63, 3.8) is 0 Å². The van der Waals surface area contributed by atoms with Crippen LogP contribution in [0.15, 0.2) is 83.0 Å². The Morgan fingerprint density at radius 3 is 1.32 bits per heavy atom. The third kappa shape index (κ3) is 3.48. The van der Waals surface area contributed by atoms with Crippen molar-refractivity contribution >= 4 is 43.6 Å². The predicted molar refractivity (Wildman–Crippen MR) is 143 cm³/mol. The molecule has 0 fully saturated rings. The Balaban J connectivity index is 1.54. The van der Waals surface area contributed by atoms with Crippen LogP contribution in [0, 0.1) is 34.8 Å². The summed E-state index contributed by atoms with van der Waals surface area (Å²) < 4.78 is 26.7. The minimum absolute atomic E-state index is 0.362. The molecule has 3 aromatic heterocycles. The summed E-state index contributed by atoms with van der Waals surface area (Å²) in [7, 11) is 0. The van der Waals surface area contributed by atoms with Gasteiger partial charge in [-0.15, -0.1) is 0 Å². The molecule has 8 nitrogen and oxygen atoms in total. The molecule has 0 aliphatic carbocycles. The summed E-state index contributed by atoms with van der Waals surface area (Å²) in [6.07, 6.45) is 6.59. The summed E-state index contributed by atoms with van der Waals surface area (Å²) in [4.78, 5) is 25.4. The molecule has 0 N–H and O–H groups in total. The summed E-state index contributed by atoms with van der Waals surface area (Å²) >= 11 is 0. The highest BCUT2D eigenvalue weighted by molar-refractivity contribution is 6.15. The fourth-order valence-electron chi connectivity index (χ4n) is 5.07. The molecule has 3 heterocycles. The highest BCUT2D eigenvalue weighted by Crippen LogP contribution is 2.31. The SMILES string of the molecule is N#CN=c1c2cc(-c3ccc(F)nc3)ccc2c2nc3c(=NC#N)c4cc(-c5ccc(F)nc5)ccc4c3nc12.